The van der Waals surface area contributed by atoms with Crippen molar-refractivity contribution < 1.29 is 14.3 Å². The first-order valence-electron chi connectivity index (χ1n) is 12.5. The van der Waals surface area contributed by atoms with Crippen molar-refractivity contribution >= 4 is 28.6 Å². The summed E-state index contributed by atoms with van der Waals surface area (Å²) in [5, 5.41) is 3.45. The second-order valence-electron chi connectivity index (χ2n) is 9.63. The molecule has 0 saturated heterocycles. The van der Waals surface area contributed by atoms with Crippen molar-refractivity contribution in [2.24, 2.45) is 0 Å². The first-order chi connectivity index (χ1) is 17.8. The Morgan fingerprint density at radius 1 is 0.784 bits per heavy atom. The van der Waals surface area contributed by atoms with Gasteiger partial charge in [-0.05, 0) is 50.3 Å². The van der Waals surface area contributed by atoms with Crippen LogP contribution >= 0.6 is 0 Å². The molecule has 5 nitrogen and oxygen atoms in total. The van der Waals surface area contributed by atoms with Gasteiger partial charge in [-0.25, -0.2) is 0 Å². The lowest BCUT2D eigenvalue weighted by atomic mass is 9.82. The molecule has 0 heterocycles. The van der Waals surface area contributed by atoms with E-state index in [9.17, 15) is 9.59 Å². The van der Waals surface area contributed by atoms with Crippen LogP contribution in [0.5, 0.6) is 5.75 Å². The van der Waals surface area contributed by atoms with E-state index in [-0.39, 0.29) is 28.4 Å². The molecule has 0 atom stereocenters. The Labute approximate surface area is 217 Å². The number of nitrogens with two attached hydrogens (primary N) is 1. The minimum absolute atomic E-state index is 0.200. The first kappa shape index (κ1) is 24.3. The van der Waals surface area contributed by atoms with E-state index in [1.165, 1.54) is 5.56 Å². The van der Waals surface area contributed by atoms with Crippen LogP contribution in [-0.4, -0.2) is 18.2 Å². The molecule has 4 aromatic rings. The number of hydrogen-bond donors (Lipinski definition) is 2. The molecule has 37 heavy (non-hydrogen) atoms. The van der Waals surface area contributed by atoms with Gasteiger partial charge >= 0.3 is 0 Å². The number of ketones is 2. The van der Waals surface area contributed by atoms with Gasteiger partial charge in [0, 0.05) is 22.9 Å². The van der Waals surface area contributed by atoms with Crippen LogP contribution in [0.1, 0.15) is 60.5 Å². The molecule has 186 valence electrons. The van der Waals surface area contributed by atoms with Gasteiger partial charge in [-0.1, -0.05) is 72.3 Å². The highest BCUT2D eigenvalue weighted by Gasteiger charge is 2.35. The Balaban J connectivity index is 1.55. The van der Waals surface area contributed by atoms with E-state index in [1.807, 2.05) is 32.0 Å². The molecule has 1 aliphatic rings. The molecule has 0 fully saturated rings. The summed E-state index contributed by atoms with van der Waals surface area (Å²) in [5.74, 6) is -0.0902. The number of anilines is 3. The van der Waals surface area contributed by atoms with Gasteiger partial charge in [-0.3, -0.25) is 9.59 Å². The van der Waals surface area contributed by atoms with Gasteiger partial charge in [0.15, 0.2) is 11.6 Å². The third-order valence-corrected chi connectivity index (χ3v) is 6.85. The average molecular weight is 491 g/mol. The highest BCUT2D eigenvalue weighted by molar-refractivity contribution is 6.32. The second kappa shape index (κ2) is 9.94. The minimum atomic E-state index is -0.266. The van der Waals surface area contributed by atoms with Crippen molar-refractivity contribution in [3.05, 3.63) is 117 Å². The van der Waals surface area contributed by atoms with Crippen molar-refractivity contribution in [2.75, 3.05) is 17.7 Å². The zero-order valence-electron chi connectivity index (χ0n) is 21.4. The number of nitrogen functional groups attached to an aromatic ring is 1. The molecular formula is C32H30N2O3. The maximum absolute atomic E-state index is 13.7. The number of carbonyl (C=O) groups is 2. The molecule has 5 rings (SSSR count). The summed E-state index contributed by atoms with van der Waals surface area (Å²) in [5.41, 5.74) is 13.9. The number of aryl methyl sites for hydroxylation is 4. The number of hydrogen-bond acceptors (Lipinski definition) is 5. The molecule has 0 unspecified atom stereocenters. The summed E-state index contributed by atoms with van der Waals surface area (Å²) in [6, 6.07) is 23.0. The fourth-order valence-corrected chi connectivity index (χ4v) is 5.13. The highest BCUT2D eigenvalue weighted by atomic mass is 16.5. The molecule has 0 radical (unpaired) electrons. The SMILES string of the molecule is Cc1cc(C)c(Nc2cc(OCCCc3ccccc3)c(N)c3c2C(=O)c2ccccc2C3=O)c(C)c1. The molecular weight excluding hydrogens is 460 g/mol. The van der Waals surface area contributed by atoms with Crippen LogP contribution in [0.4, 0.5) is 17.1 Å². The molecule has 0 bridgehead atoms. The Kier molecular flexibility index (Phi) is 6.53. The number of ether oxygens (including phenoxy) is 1. The number of benzene rings is 4. The summed E-state index contributed by atoms with van der Waals surface area (Å²) in [7, 11) is 0. The maximum atomic E-state index is 13.7. The number of fused-ring (bicyclic) bond motifs is 2. The lowest BCUT2D eigenvalue weighted by molar-refractivity contribution is 0.0980. The molecule has 1 aliphatic carbocycles. The van der Waals surface area contributed by atoms with Crippen LogP contribution in [0.3, 0.4) is 0 Å². The smallest absolute Gasteiger partial charge is 0.196 e. The fourth-order valence-electron chi connectivity index (χ4n) is 5.13. The van der Waals surface area contributed by atoms with Crippen LogP contribution in [0.15, 0.2) is 72.8 Å². The lowest BCUT2D eigenvalue weighted by Gasteiger charge is -2.25. The predicted molar refractivity (Wildman–Crippen MR) is 148 cm³/mol. The van der Waals surface area contributed by atoms with Crippen LogP contribution in [0, 0.1) is 20.8 Å². The molecule has 0 amide bonds. The molecule has 5 heteroatoms. The second-order valence-corrected chi connectivity index (χ2v) is 9.63. The van der Waals surface area contributed by atoms with E-state index in [2.05, 4.69) is 36.5 Å². The summed E-state index contributed by atoms with van der Waals surface area (Å²) in [6.45, 7) is 6.53. The van der Waals surface area contributed by atoms with E-state index in [1.54, 1.807) is 30.3 Å². The highest BCUT2D eigenvalue weighted by Crippen LogP contribution is 2.42. The van der Waals surface area contributed by atoms with Crippen LogP contribution < -0.4 is 15.8 Å². The predicted octanol–water partition coefficient (Wildman–Crippen LogP) is 6.72. The Morgan fingerprint density at radius 2 is 1.38 bits per heavy atom. The topological polar surface area (TPSA) is 81.4 Å². The monoisotopic (exact) mass is 490 g/mol. The number of nitrogens with one attached hydrogen (secondary N) is 1. The van der Waals surface area contributed by atoms with E-state index in [4.69, 9.17) is 10.5 Å². The van der Waals surface area contributed by atoms with Gasteiger partial charge in [-0.2, -0.15) is 0 Å². The van der Waals surface area contributed by atoms with Crippen molar-refractivity contribution in [1.29, 1.82) is 0 Å². The molecule has 0 saturated carbocycles. The standard InChI is InChI=1S/C32H30N2O3/c1-19-16-20(2)30(21(3)17-19)34-25-18-26(37-15-9-12-22-10-5-4-6-11-22)29(33)28-27(25)31(35)23-13-7-8-14-24(23)32(28)36/h4-8,10-11,13-14,16-18,34H,9,12,15,33H2,1-3H3. The van der Waals surface area contributed by atoms with Crippen molar-refractivity contribution in [3.8, 4) is 5.75 Å². The quantitative estimate of drug-likeness (QED) is 0.195. The Hall–Kier alpha value is -4.38. The molecule has 0 aliphatic heterocycles. The van der Waals surface area contributed by atoms with E-state index >= 15 is 0 Å². The summed E-state index contributed by atoms with van der Waals surface area (Å²) in [6.07, 6.45) is 1.65. The summed E-state index contributed by atoms with van der Waals surface area (Å²) >= 11 is 0. The normalized spacial score (nSPS) is 12.2. The fraction of sp³-hybridized carbons (Fsp3) is 0.188. The first-order valence-corrected chi connectivity index (χ1v) is 12.5. The van der Waals surface area contributed by atoms with Gasteiger partial charge < -0.3 is 15.8 Å². The van der Waals surface area contributed by atoms with Crippen LogP contribution in [0.25, 0.3) is 0 Å². The van der Waals surface area contributed by atoms with Crippen molar-refractivity contribution in [2.45, 2.75) is 33.6 Å². The average Bonchev–Trinajstić information content (AvgIpc) is 2.89. The summed E-state index contributed by atoms with van der Waals surface area (Å²) in [4.78, 5) is 27.3. The number of carbonyl (C=O) groups excluding carboxylic acids is 2. The third kappa shape index (κ3) is 4.60. The van der Waals surface area contributed by atoms with Gasteiger partial charge in [0.05, 0.1) is 29.1 Å². The van der Waals surface area contributed by atoms with Gasteiger partial charge in [-0.15, -0.1) is 0 Å². The zero-order valence-corrected chi connectivity index (χ0v) is 21.4. The summed E-state index contributed by atoms with van der Waals surface area (Å²) < 4.78 is 6.13. The lowest BCUT2D eigenvalue weighted by Crippen LogP contribution is -2.24. The van der Waals surface area contributed by atoms with Gasteiger partial charge in [0.1, 0.15) is 5.75 Å². The van der Waals surface area contributed by atoms with E-state index in [0.717, 1.165) is 35.2 Å². The molecule has 3 N–H and O–H groups in total. The maximum Gasteiger partial charge on any atom is 0.196 e. The third-order valence-electron chi connectivity index (χ3n) is 6.85. The number of rotatable bonds is 7. The minimum Gasteiger partial charge on any atom is -0.491 e. The zero-order chi connectivity index (χ0) is 26.1. The van der Waals surface area contributed by atoms with Crippen LogP contribution in [-0.2, 0) is 6.42 Å². The molecule has 0 spiro atoms. The molecule has 0 aromatic heterocycles. The Bertz CT molecular complexity index is 1500. The Morgan fingerprint density at radius 3 is 2.03 bits per heavy atom. The van der Waals surface area contributed by atoms with Gasteiger partial charge in [0.2, 0.25) is 0 Å². The van der Waals surface area contributed by atoms with Crippen molar-refractivity contribution in [3.63, 3.8) is 0 Å². The van der Waals surface area contributed by atoms with E-state index < -0.39 is 0 Å². The molecule has 4 aromatic carbocycles. The van der Waals surface area contributed by atoms with Crippen molar-refractivity contribution in [1.82, 2.24) is 0 Å². The van der Waals surface area contributed by atoms with E-state index in [0.29, 0.717) is 29.2 Å². The van der Waals surface area contributed by atoms with Crippen LogP contribution in [0.2, 0.25) is 0 Å². The van der Waals surface area contributed by atoms with Gasteiger partial charge in [0.25, 0.3) is 0 Å². The largest absolute Gasteiger partial charge is 0.491 e.